The zero-order valence-corrected chi connectivity index (χ0v) is 13.5. The number of amides is 2. The molecule has 3 N–H and O–H groups in total. The molecule has 0 aliphatic rings. The number of anilines is 1. The summed E-state index contributed by atoms with van der Waals surface area (Å²) in [6.07, 6.45) is -0.618. The SMILES string of the molecule is O=C(Nc1ccc(C(=O)NCCO)c(Cl)c1)OCc1ccccc1. The molecule has 2 amide bonds. The first kappa shape index (κ1) is 17.8. The van der Waals surface area contributed by atoms with Crippen molar-refractivity contribution >= 4 is 29.3 Å². The van der Waals surface area contributed by atoms with Crippen molar-refractivity contribution in [3.8, 4) is 0 Å². The van der Waals surface area contributed by atoms with Crippen LogP contribution in [0.1, 0.15) is 15.9 Å². The molecule has 2 rings (SSSR count). The van der Waals surface area contributed by atoms with Gasteiger partial charge in [0.25, 0.3) is 5.91 Å². The van der Waals surface area contributed by atoms with Gasteiger partial charge in [-0.1, -0.05) is 41.9 Å². The van der Waals surface area contributed by atoms with Gasteiger partial charge in [0.05, 0.1) is 17.2 Å². The lowest BCUT2D eigenvalue weighted by molar-refractivity contribution is 0.0945. The number of benzene rings is 2. The number of aliphatic hydroxyl groups excluding tert-OH is 1. The van der Waals surface area contributed by atoms with Crippen LogP contribution in [0.15, 0.2) is 48.5 Å². The lowest BCUT2D eigenvalue weighted by Gasteiger charge is -2.09. The highest BCUT2D eigenvalue weighted by Gasteiger charge is 2.11. The van der Waals surface area contributed by atoms with Gasteiger partial charge in [-0.3, -0.25) is 10.1 Å². The number of hydrogen-bond donors (Lipinski definition) is 3. The van der Waals surface area contributed by atoms with Crippen LogP contribution in [0.4, 0.5) is 10.5 Å². The fraction of sp³-hybridized carbons (Fsp3) is 0.176. The van der Waals surface area contributed by atoms with E-state index in [4.69, 9.17) is 21.4 Å². The largest absolute Gasteiger partial charge is 0.444 e. The molecule has 0 heterocycles. The highest BCUT2D eigenvalue weighted by atomic mass is 35.5. The summed E-state index contributed by atoms with van der Waals surface area (Å²) in [4.78, 5) is 23.6. The molecule has 0 unspecified atom stereocenters. The van der Waals surface area contributed by atoms with Crippen molar-refractivity contribution in [1.82, 2.24) is 5.32 Å². The molecule has 0 fully saturated rings. The molecular weight excluding hydrogens is 332 g/mol. The Morgan fingerprint density at radius 2 is 1.88 bits per heavy atom. The van der Waals surface area contributed by atoms with Crippen LogP contribution < -0.4 is 10.6 Å². The minimum atomic E-state index is -0.618. The van der Waals surface area contributed by atoms with Crippen molar-refractivity contribution in [3.63, 3.8) is 0 Å². The molecular formula is C17H17ClN2O4. The van der Waals surface area contributed by atoms with Crippen molar-refractivity contribution in [2.24, 2.45) is 0 Å². The monoisotopic (exact) mass is 348 g/mol. The van der Waals surface area contributed by atoms with Gasteiger partial charge in [0.2, 0.25) is 0 Å². The number of hydrogen-bond acceptors (Lipinski definition) is 4. The zero-order chi connectivity index (χ0) is 17.4. The first-order valence-electron chi connectivity index (χ1n) is 7.26. The molecule has 0 aromatic heterocycles. The topological polar surface area (TPSA) is 87.7 Å². The Balaban J connectivity index is 1.91. The summed E-state index contributed by atoms with van der Waals surface area (Å²) >= 11 is 6.04. The molecule has 0 aliphatic carbocycles. The van der Waals surface area contributed by atoms with Gasteiger partial charge in [0.1, 0.15) is 6.61 Å². The van der Waals surface area contributed by atoms with Crippen LogP contribution in [0.2, 0.25) is 5.02 Å². The van der Waals surface area contributed by atoms with Crippen LogP contribution in [-0.2, 0) is 11.3 Å². The molecule has 0 atom stereocenters. The van der Waals surface area contributed by atoms with Gasteiger partial charge in [0.15, 0.2) is 0 Å². The van der Waals surface area contributed by atoms with E-state index < -0.39 is 12.0 Å². The predicted molar refractivity (Wildman–Crippen MR) is 91.1 cm³/mol. The van der Waals surface area contributed by atoms with E-state index in [0.29, 0.717) is 5.69 Å². The van der Waals surface area contributed by atoms with Crippen molar-refractivity contribution < 1.29 is 19.4 Å². The summed E-state index contributed by atoms with van der Waals surface area (Å²) in [6, 6.07) is 13.8. The minimum Gasteiger partial charge on any atom is -0.444 e. The molecule has 0 spiro atoms. The summed E-state index contributed by atoms with van der Waals surface area (Å²) in [6.45, 7) is 0.138. The molecule has 126 valence electrons. The molecule has 2 aromatic carbocycles. The summed E-state index contributed by atoms with van der Waals surface area (Å²) in [5.41, 5.74) is 1.55. The zero-order valence-electron chi connectivity index (χ0n) is 12.8. The van der Waals surface area contributed by atoms with E-state index in [1.54, 1.807) is 6.07 Å². The van der Waals surface area contributed by atoms with Gasteiger partial charge in [-0.05, 0) is 23.8 Å². The Bertz CT molecular complexity index is 707. The Morgan fingerprint density at radius 3 is 2.54 bits per heavy atom. The Hall–Kier alpha value is -2.57. The molecule has 0 aliphatic heterocycles. The summed E-state index contributed by atoms with van der Waals surface area (Å²) in [7, 11) is 0. The maximum absolute atomic E-state index is 11.8. The van der Waals surface area contributed by atoms with Crippen molar-refractivity contribution in [2.45, 2.75) is 6.61 Å². The maximum atomic E-state index is 11.8. The molecule has 7 heteroatoms. The molecule has 0 saturated heterocycles. The standard InChI is InChI=1S/C17H17ClN2O4/c18-15-10-13(6-7-14(15)16(22)19-8-9-21)20-17(23)24-11-12-4-2-1-3-5-12/h1-7,10,21H,8-9,11H2,(H,19,22)(H,20,23). The van der Waals surface area contributed by atoms with E-state index in [2.05, 4.69) is 10.6 Å². The highest BCUT2D eigenvalue weighted by molar-refractivity contribution is 6.34. The third-order valence-corrected chi connectivity index (χ3v) is 3.38. The Labute approximate surface area is 144 Å². The van der Waals surface area contributed by atoms with Crippen molar-refractivity contribution in [1.29, 1.82) is 0 Å². The second-order valence-corrected chi connectivity index (χ2v) is 5.27. The van der Waals surface area contributed by atoms with Gasteiger partial charge in [-0.25, -0.2) is 4.79 Å². The smallest absolute Gasteiger partial charge is 0.411 e. The molecule has 0 saturated carbocycles. The summed E-state index contributed by atoms with van der Waals surface area (Å²) in [5.74, 6) is -0.396. The van der Waals surface area contributed by atoms with Crippen molar-refractivity contribution in [2.75, 3.05) is 18.5 Å². The number of carbonyl (C=O) groups is 2. The van der Waals surface area contributed by atoms with Gasteiger partial charge in [-0.15, -0.1) is 0 Å². The lowest BCUT2D eigenvalue weighted by Crippen LogP contribution is -2.26. The number of aliphatic hydroxyl groups is 1. The van der Waals surface area contributed by atoms with E-state index in [-0.39, 0.29) is 30.3 Å². The fourth-order valence-corrected chi connectivity index (χ4v) is 2.19. The van der Waals surface area contributed by atoms with Crippen LogP contribution >= 0.6 is 11.6 Å². The Morgan fingerprint density at radius 1 is 1.12 bits per heavy atom. The van der Waals surface area contributed by atoms with Crippen molar-refractivity contribution in [3.05, 3.63) is 64.7 Å². The second-order valence-electron chi connectivity index (χ2n) is 4.86. The minimum absolute atomic E-state index is 0.140. The van der Waals surface area contributed by atoms with Crippen LogP contribution in [0.25, 0.3) is 0 Å². The molecule has 0 radical (unpaired) electrons. The van der Waals surface area contributed by atoms with Crippen LogP contribution in [0.3, 0.4) is 0 Å². The lowest BCUT2D eigenvalue weighted by atomic mass is 10.2. The van der Waals surface area contributed by atoms with Gasteiger partial charge >= 0.3 is 6.09 Å². The average molecular weight is 349 g/mol. The highest BCUT2D eigenvalue weighted by Crippen LogP contribution is 2.21. The van der Waals surface area contributed by atoms with Gasteiger partial charge < -0.3 is 15.2 Å². The number of halogens is 1. The number of nitrogens with one attached hydrogen (secondary N) is 2. The third kappa shape index (κ3) is 5.26. The van der Waals surface area contributed by atoms with Gasteiger partial charge in [-0.2, -0.15) is 0 Å². The fourth-order valence-electron chi connectivity index (χ4n) is 1.92. The maximum Gasteiger partial charge on any atom is 0.411 e. The van der Waals surface area contributed by atoms with E-state index in [1.165, 1.54) is 12.1 Å². The van der Waals surface area contributed by atoms with Gasteiger partial charge in [0, 0.05) is 12.2 Å². The van der Waals surface area contributed by atoms with Crippen LogP contribution in [0, 0.1) is 0 Å². The molecule has 0 bridgehead atoms. The average Bonchev–Trinajstić information content (AvgIpc) is 2.59. The van der Waals surface area contributed by atoms with E-state index >= 15 is 0 Å². The summed E-state index contributed by atoms with van der Waals surface area (Å²) in [5, 5.41) is 13.9. The Kier molecular flexibility index (Phi) is 6.60. The molecule has 2 aromatic rings. The number of rotatable bonds is 6. The second kappa shape index (κ2) is 8.90. The van der Waals surface area contributed by atoms with E-state index in [0.717, 1.165) is 5.56 Å². The summed E-state index contributed by atoms with van der Waals surface area (Å²) < 4.78 is 5.10. The quantitative estimate of drug-likeness (QED) is 0.749. The third-order valence-electron chi connectivity index (χ3n) is 3.07. The van der Waals surface area contributed by atoms with E-state index in [9.17, 15) is 9.59 Å². The first-order chi connectivity index (χ1) is 11.6. The van der Waals surface area contributed by atoms with E-state index in [1.807, 2.05) is 30.3 Å². The number of ether oxygens (including phenoxy) is 1. The van der Waals surface area contributed by atoms with Crippen LogP contribution in [-0.4, -0.2) is 30.3 Å². The first-order valence-corrected chi connectivity index (χ1v) is 7.64. The predicted octanol–water partition coefficient (Wildman–Crippen LogP) is 2.81. The van der Waals surface area contributed by atoms with Crippen LogP contribution in [0.5, 0.6) is 0 Å². The molecule has 6 nitrogen and oxygen atoms in total. The normalized spacial score (nSPS) is 10.1. The number of carbonyl (C=O) groups excluding carboxylic acids is 2. The molecule has 24 heavy (non-hydrogen) atoms.